The first-order chi connectivity index (χ1) is 7.75. The van der Waals surface area contributed by atoms with Crippen molar-refractivity contribution in [3.05, 3.63) is 23.5 Å². The Kier molecular flexibility index (Phi) is 3.43. The van der Waals surface area contributed by atoms with Crippen molar-refractivity contribution in [2.24, 2.45) is 5.92 Å². The largest absolute Gasteiger partial charge is 0.398 e. The molecule has 0 aliphatic carbocycles. The molecule has 0 amide bonds. The third-order valence-electron chi connectivity index (χ3n) is 2.78. The van der Waals surface area contributed by atoms with Gasteiger partial charge < -0.3 is 11.1 Å². The fourth-order valence-corrected chi connectivity index (χ4v) is 1.84. The highest BCUT2D eigenvalue weighted by molar-refractivity contribution is 5.55. The average Bonchev–Trinajstić information content (AvgIpc) is 2.29. The van der Waals surface area contributed by atoms with E-state index in [4.69, 9.17) is 5.73 Å². The zero-order chi connectivity index (χ0) is 11.4. The number of aryl methyl sites for hydroxylation is 1. The molecule has 3 heteroatoms. The van der Waals surface area contributed by atoms with Gasteiger partial charge in [0, 0.05) is 24.4 Å². The van der Waals surface area contributed by atoms with Crippen LogP contribution < -0.4 is 11.1 Å². The number of nitrogens with zero attached hydrogens (tertiary/aromatic N) is 1. The molecule has 1 aromatic rings. The van der Waals surface area contributed by atoms with Crippen molar-refractivity contribution in [1.82, 2.24) is 10.3 Å². The second-order valence-corrected chi connectivity index (χ2v) is 4.23. The van der Waals surface area contributed by atoms with Crippen molar-refractivity contribution in [3.63, 3.8) is 0 Å². The third kappa shape index (κ3) is 2.74. The van der Waals surface area contributed by atoms with Crippen molar-refractivity contribution < 1.29 is 0 Å². The Bertz CT molecular complexity index is 423. The highest BCUT2D eigenvalue weighted by Gasteiger charge is 2.09. The summed E-state index contributed by atoms with van der Waals surface area (Å²) in [6.07, 6.45) is 4.15. The summed E-state index contributed by atoms with van der Waals surface area (Å²) in [6, 6.07) is 1.86. The smallest absolute Gasteiger partial charge is 0.0658 e. The van der Waals surface area contributed by atoms with Gasteiger partial charge in [-0.25, -0.2) is 0 Å². The van der Waals surface area contributed by atoms with E-state index in [0.717, 1.165) is 30.0 Å². The molecule has 1 saturated heterocycles. The lowest BCUT2D eigenvalue weighted by atomic mass is 10.00. The standard InChI is InChI=1S/C13H17N3/c1-10-7-13(14)12(9-16-10)5-4-11-3-2-6-15-8-11/h7,9,11,15H,2-3,6,8H2,1H3,(H2,14,16). The van der Waals surface area contributed by atoms with E-state index >= 15 is 0 Å². The van der Waals surface area contributed by atoms with Crippen LogP contribution in [0.2, 0.25) is 0 Å². The summed E-state index contributed by atoms with van der Waals surface area (Å²) in [5.74, 6) is 6.85. The van der Waals surface area contributed by atoms with E-state index in [9.17, 15) is 0 Å². The summed E-state index contributed by atoms with van der Waals surface area (Å²) in [5.41, 5.74) is 8.38. The van der Waals surface area contributed by atoms with Gasteiger partial charge in [0.25, 0.3) is 0 Å². The number of aromatic nitrogens is 1. The monoisotopic (exact) mass is 215 g/mol. The van der Waals surface area contributed by atoms with Crippen molar-refractivity contribution in [2.75, 3.05) is 18.8 Å². The van der Waals surface area contributed by atoms with Gasteiger partial charge in [-0.2, -0.15) is 0 Å². The van der Waals surface area contributed by atoms with Crippen LogP contribution in [0.1, 0.15) is 24.1 Å². The molecule has 1 aliphatic rings. The lowest BCUT2D eigenvalue weighted by Gasteiger charge is -2.17. The highest BCUT2D eigenvalue weighted by atomic mass is 14.9. The van der Waals surface area contributed by atoms with Crippen LogP contribution in [0.25, 0.3) is 0 Å². The summed E-state index contributed by atoms with van der Waals surface area (Å²) in [4.78, 5) is 4.21. The van der Waals surface area contributed by atoms with Gasteiger partial charge in [-0.15, -0.1) is 0 Å². The van der Waals surface area contributed by atoms with Gasteiger partial charge in [0.15, 0.2) is 0 Å². The Morgan fingerprint density at radius 1 is 1.56 bits per heavy atom. The average molecular weight is 215 g/mol. The molecule has 0 bridgehead atoms. The molecule has 3 N–H and O–H groups in total. The van der Waals surface area contributed by atoms with E-state index in [1.807, 2.05) is 13.0 Å². The molecular formula is C13H17N3. The van der Waals surface area contributed by atoms with E-state index in [2.05, 4.69) is 22.1 Å². The number of rotatable bonds is 0. The van der Waals surface area contributed by atoms with E-state index in [0.29, 0.717) is 5.92 Å². The molecule has 1 unspecified atom stereocenters. The third-order valence-corrected chi connectivity index (χ3v) is 2.78. The van der Waals surface area contributed by atoms with Crippen LogP contribution in [0.4, 0.5) is 5.69 Å². The molecule has 0 radical (unpaired) electrons. The molecule has 16 heavy (non-hydrogen) atoms. The van der Waals surface area contributed by atoms with Gasteiger partial charge in [-0.05, 0) is 32.4 Å². The number of hydrogen-bond acceptors (Lipinski definition) is 3. The fraction of sp³-hybridized carbons (Fsp3) is 0.462. The molecule has 0 spiro atoms. The van der Waals surface area contributed by atoms with E-state index in [1.54, 1.807) is 6.20 Å². The summed E-state index contributed by atoms with van der Waals surface area (Å²) in [6.45, 7) is 4.04. The van der Waals surface area contributed by atoms with E-state index in [-0.39, 0.29) is 0 Å². The second-order valence-electron chi connectivity index (χ2n) is 4.23. The zero-order valence-electron chi connectivity index (χ0n) is 9.59. The van der Waals surface area contributed by atoms with E-state index in [1.165, 1.54) is 12.8 Å². The van der Waals surface area contributed by atoms with Crippen LogP contribution in [0.5, 0.6) is 0 Å². The molecule has 1 atom stereocenters. The highest BCUT2D eigenvalue weighted by Crippen LogP contribution is 2.12. The van der Waals surface area contributed by atoms with Gasteiger partial charge in [-0.1, -0.05) is 11.8 Å². The summed E-state index contributed by atoms with van der Waals surface area (Å²) in [7, 11) is 0. The van der Waals surface area contributed by atoms with E-state index < -0.39 is 0 Å². The van der Waals surface area contributed by atoms with Crippen LogP contribution in [-0.4, -0.2) is 18.1 Å². The zero-order valence-corrected chi connectivity index (χ0v) is 9.59. The number of nitrogen functional groups attached to an aromatic ring is 1. The number of hydrogen-bond donors (Lipinski definition) is 2. The normalized spacial score (nSPS) is 19.9. The van der Waals surface area contributed by atoms with Crippen LogP contribution in [0.15, 0.2) is 12.3 Å². The number of nitrogens with two attached hydrogens (primary N) is 1. The minimum Gasteiger partial charge on any atom is -0.398 e. The quantitative estimate of drug-likeness (QED) is 0.642. The first kappa shape index (κ1) is 11.0. The lowest BCUT2D eigenvalue weighted by molar-refractivity contribution is 0.449. The summed E-state index contributed by atoms with van der Waals surface area (Å²) >= 11 is 0. The molecule has 2 rings (SSSR count). The Balaban J connectivity index is 2.10. The topological polar surface area (TPSA) is 50.9 Å². The SMILES string of the molecule is Cc1cc(N)c(C#CC2CCCNC2)cn1. The Hall–Kier alpha value is -1.53. The van der Waals surface area contributed by atoms with Crippen LogP contribution in [0, 0.1) is 24.7 Å². The summed E-state index contributed by atoms with van der Waals surface area (Å²) < 4.78 is 0. The number of piperidine rings is 1. The fourth-order valence-electron chi connectivity index (χ4n) is 1.84. The van der Waals surface area contributed by atoms with Crippen molar-refractivity contribution in [1.29, 1.82) is 0 Å². The van der Waals surface area contributed by atoms with Crippen molar-refractivity contribution >= 4 is 5.69 Å². The molecule has 1 aliphatic heterocycles. The number of anilines is 1. The molecule has 3 nitrogen and oxygen atoms in total. The van der Waals surface area contributed by atoms with Gasteiger partial charge in [0.2, 0.25) is 0 Å². The van der Waals surface area contributed by atoms with Crippen molar-refractivity contribution in [2.45, 2.75) is 19.8 Å². The Morgan fingerprint density at radius 3 is 3.12 bits per heavy atom. The molecule has 0 saturated carbocycles. The van der Waals surface area contributed by atoms with Gasteiger partial charge in [0.1, 0.15) is 0 Å². The Labute approximate surface area is 96.5 Å². The lowest BCUT2D eigenvalue weighted by Crippen LogP contribution is -2.28. The predicted molar refractivity (Wildman–Crippen MR) is 65.9 cm³/mol. The van der Waals surface area contributed by atoms with Gasteiger partial charge in [-0.3, -0.25) is 4.98 Å². The molecule has 1 aromatic heterocycles. The molecule has 84 valence electrons. The first-order valence-electron chi connectivity index (χ1n) is 5.70. The van der Waals surface area contributed by atoms with Crippen molar-refractivity contribution in [3.8, 4) is 11.8 Å². The molecule has 1 fully saturated rings. The molecule has 0 aromatic carbocycles. The Morgan fingerprint density at radius 2 is 2.44 bits per heavy atom. The maximum atomic E-state index is 5.88. The second kappa shape index (κ2) is 5.00. The van der Waals surface area contributed by atoms with Crippen LogP contribution >= 0.6 is 0 Å². The molecule has 2 heterocycles. The molecular weight excluding hydrogens is 198 g/mol. The van der Waals surface area contributed by atoms with Crippen LogP contribution in [-0.2, 0) is 0 Å². The maximum absolute atomic E-state index is 5.88. The number of nitrogens with one attached hydrogen (secondary N) is 1. The van der Waals surface area contributed by atoms with Crippen LogP contribution in [0.3, 0.4) is 0 Å². The minimum absolute atomic E-state index is 0.453. The number of pyridine rings is 1. The van der Waals surface area contributed by atoms with Gasteiger partial charge >= 0.3 is 0 Å². The minimum atomic E-state index is 0.453. The maximum Gasteiger partial charge on any atom is 0.0658 e. The first-order valence-corrected chi connectivity index (χ1v) is 5.70. The predicted octanol–water partition coefficient (Wildman–Crippen LogP) is 1.32. The van der Waals surface area contributed by atoms with Gasteiger partial charge in [0.05, 0.1) is 11.3 Å². The summed E-state index contributed by atoms with van der Waals surface area (Å²) in [5, 5.41) is 3.35.